The van der Waals surface area contributed by atoms with Crippen molar-refractivity contribution < 1.29 is 47.6 Å². The summed E-state index contributed by atoms with van der Waals surface area (Å²) in [5, 5.41) is 0. The maximum atomic E-state index is 12.5. The zero-order chi connectivity index (χ0) is 31.1. The molecular weight excluding hydrogens is 546 g/mol. The highest BCUT2D eigenvalue weighted by molar-refractivity contribution is 5.89. The first-order chi connectivity index (χ1) is 19.9. The van der Waals surface area contributed by atoms with Crippen LogP contribution in [-0.2, 0) is 30.2 Å². The quantitative estimate of drug-likeness (QED) is 0.161. The number of esters is 2. The summed E-state index contributed by atoms with van der Waals surface area (Å²) in [5.74, 6) is -0.781. The third-order valence-corrected chi connectivity index (χ3v) is 5.76. The largest absolute Gasteiger partial charge is 0.513 e. The van der Waals surface area contributed by atoms with Gasteiger partial charge in [0.05, 0.1) is 18.8 Å². The molecule has 0 heterocycles. The summed E-state index contributed by atoms with van der Waals surface area (Å²) in [6.45, 7) is 9.69. The molecule has 0 radical (unpaired) electrons. The lowest BCUT2D eigenvalue weighted by atomic mass is 10.1. The molecule has 230 valence electrons. The third-order valence-electron chi connectivity index (χ3n) is 5.76. The van der Waals surface area contributed by atoms with Crippen LogP contribution in [0.3, 0.4) is 0 Å². The van der Waals surface area contributed by atoms with E-state index in [0.717, 1.165) is 0 Å². The number of ether oxygens (including phenoxy) is 6. The molecule has 2 aromatic carbocycles. The molecule has 0 saturated carbocycles. The van der Waals surface area contributed by atoms with Gasteiger partial charge in [0.25, 0.3) is 0 Å². The minimum atomic E-state index is -1.08. The number of hydrogen-bond donors (Lipinski definition) is 1. The topological polar surface area (TPSA) is 150 Å². The molecule has 0 aliphatic carbocycles. The summed E-state index contributed by atoms with van der Waals surface area (Å²) >= 11 is 0. The van der Waals surface area contributed by atoms with E-state index >= 15 is 0 Å². The number of benzene rings is 2. The van der Waals surface area contributed by atoms with Crippen LogP contribution in [0.1, 0.15) is 63.4 Å². The van der Waals surface area contributed by atoms with Crippen LogP contribution in [0.15, 0.2) is 48.5 Å². The highest BCUT2D eigenvalue weighted by atomic mass is 16.7. The van der Waals surface area contributed by atoms with Crippen LogP contribution in [0.4, 0.5) is 9.59 Å². The Kier molecular flexibility index (Phi) is 14.3. The van der Waals surface area contributed by atoms with Gasteiger partial charge < -0.3 is 34.2 Å². The number of carbonyl (C=O) groups excluding carboxylic acids is 4. The first kappa shape index (κ1) is 34.1. The van der Waals surface area contributed by atoms with Crippen molar-refractivity contribution in [2.75, 3.05) is 19.8 Å². The number of hydrogen-bond acceptors (Lipinski definition) is 11. The molecule has 0 aliphatic rings. The molecule has 2 aromatic rings. The van der Waals surface area contributed by atoms with Crippen LogP contribution < -0.4 is 15.2 Å². The van der Waals surface area contributed by atoms with Crippen LogP contribution in [0.5, 0.6) is 11.5 Å². The number of nitrogens with two attached hydrogens (primary N) is 1. The second kappa shape index (κ2) is 17.6. The fourth-order valence-corrected chi connectivity index (χ4v) is 3.34. The van der Waals surface area contributed by atoms with Crippen LogP contribution in [0.25, 0.3) is 0 Å². The Balaban J connectivity index is 2.00. The van der Waals surface area contributed by atoms with E-state index in [0.29, 0.717) is 35.8 Å². The molecule has 0 aliphatic heterocycles. The van der Waals surface area contributed by atoms with E-state index in [4.69, 9.17) is 34.2 Å². The standard InChI is InChI=1S/C31H41NO10/c1-20(2)13-15-37-30(35)41-26-12-11-23(18-27(26)42-31(36)38-16-14-21(3)4)17-25(32)29(34)39-19-22(5)40-28(33)24-9-7-6-8-10-24/h6-12,18,20-22,25H,13-17,19,32H2,1-5H3/t22-,25-/m0/s1. The molecule has 0 spiro atoms. The van der Waals surface area contributed by atoms with Crippen LogP contribution in [-0.4, -0.2) is 56.2 Å². The predicted molar refractivity (Wildman–Crippen MR) is 153 cm³/mol. The van der Waals surface area contributed by atoms with Gasteiger partial charge in [-0.15, -0.1) is 0 Å². The summed E-state index contributed by atoms with van der Waals surface area (Å²) in [6, 6.07) is 11.7. The van der Waals surface area contributed by atoms with Crippen LogP contribution >= 0.6 is 0 Å². The van der Waals surface area contributed by atoms with Crippen molar-refractivity contribution in [3.8, 4) is 11.5 Å². The van der Waals surface area contributed by atoms with Crippen LogP contribution in [0.2, 0.25) is 0 Å². The number of carbonyl (C=O) groups is 4. The van der Waals surface area contributed by atoms with E-state index in [9.17, 15) is 19.2 Å². The van der Waals surface area contributed by atoms with Gasteiger partial charge in [0.15, 0.2) is 11.5 Å². The van der Waals surface area contributed by atoms with Crippen molar-refractivity contribution in [2.24, 2.45) is 17.6 Å². The molecule has 0 aromatic heterocycles. The van der Waals surface area contributed by atoms with Gasteiger partial charge >= 0.3 is 24.2 Å². The average Bonchev–Trinajstić information content (AvgIpc) is 2.93. The summed E-state index contributed by atoms with van der Waals surface area (Å²) in [4.78, 5) is 49.2. The maximum Gasteiger partial charge on any atom is 0.513 e. The second-order valence-corrected chi connectivity index (χ2v) is 10.6. The van der Waals surface area contributed by atoms with Crippen molar-refractivity contribution in [1.29, 1.82) is 0 Å². The molecular formula is C31H41NO10. The molecule has 2 N–H and O–H groups in total. The molecule has 2 atom stereocenters. The summed E-state index contributed by atoms with van der Waals surface area (Å²) in [5.41, 5.74) is 6.93. The summed E-state index contributed by atoms with van der Waals surface area (Å²) < 4.78 is 31.3. The van der Waals surface area contributed by atoms with Gasteiger partial charge in [0, 0.05) is 0 Å². The van der Waals surface area contributed by atoms with Crippen molar-refractivity contribution in [3.05, 3.63) is 59.7 Å². The average molecular weight is 588 g/mol. The van der Waals surface area contributed by atoms with E-state index in [1.54, 1.807) is 43.3 Å². The van der Waals surface area contributed by atoms with E-state index in [1.807, 2.05) is 27.7 Å². The van der Waals surface area contributed by atoms with Gasteiger partial charge in [0.2, 0.25) is 0 Å². The van der Waals surface area contributed by atoms with Crippen LogP contribution in [0, 0.1) is 11.8 Å². The second-order valence-electron chi connectivity index (χ2n) is 10.6. The molecule has 0 bridgehead atoms. The fourth-order valence-electron chi connectivity index (χ4n) is 3.34. The Hall–Kier alpha value is -4.12. The lowest BCUT2D eigenvalue weighted by Gasteiger charge is -2.17. The first-order valence-electron chi connectivity index (χ1n) is 13.9. The smallest absolute Gasteiger partial charge is 0.461 e. The van der Waals surface area contributed by atoms with Gasteiger partial charge in [-0.2, -0.15) is 0 Å². The lowest BCUT2D eigenvalue weighted by Crippen LogP contribution is -2.36. The third kappa shape index (κ3) is 13.0. The minimum Gasteiger partial charge on any atom is -0.461 e. The molecule has 0 amide bonds. The number of rotatable bonds is 15. The Labute approximate surface area is 246 Å². The normalized spacial score (nSPS) is 12.3. The van der Waals surface area contributed by atoms with Gasteiger partial charge in [-0.05, 0) is 67.9 Å². The Bertz CT molecular complexity index is 1170. The summed E-state index contributed by atoms with van der Waals surface area (Å²) in [6.07, 6.45) is -1.33. The maximum absolute atomic E-state index is 12.5. The molecule has 0 unspecified atom stereocenters. The lowest BCUT2D eigenvalue weighted by molar-refractivity contribution is -0.148. The Morgan fingerprint density at radius 2 is 1.31 bits per heavy atom. The molecule has 11 heteroatoms. The van der Waals surface area contributed by atoms with Gasteiger partial charge in [-0.1, -0.05) is 52.0 Å². The SMILES string of the molecule is CC(C)CCOC(=O)Oc1ccc(C[C@H](N)C(=O)OC[C@H](C)OC(=O)c2ccccc2)cc1OC(=O)OCCC(C)C. The highest BCUT2D eigenvalue weighted by Crippen LogP contribution is 2.30. The van der Waals surface area contributed by atoms with E-state index in [2.05, 4.69) is 0 Å². The van der Waals surface area contributed by atoms with E-state index in [1.165, 1.54) is 12.1 Å². The molecule has 0 saturated heterocycles. The minimum absolute atomic E-state index is 0.00882. The molecule has 42 heavy (non-hydrogen) atoms. The van der Waals surface area contributed by atoms with Crippen molar-refractivity contribution in [2.45, 2.75) is 66.0 Å². The summed E-state index contributed by atoms with van der Waals surface area (Å²) in [7, 11) is 0. The van der Waals surface area contributed by atoms with Gasteiger partial charge in [-0.25, -0.2) is 14.4 Å². The van der Waals surface area contributed by atoms with E-state index < -0.39 is 36.4 Å². The highest BCUT2D eigenvalue weighted by Gasteiger charge is 2.22. The fraction of sp³-hybridized carbons (Fsp3) is 0.484. The van der Waals surface area contributed by atoms with Crippen molar-refractivity contribution in [1.82, 2.24) is 0 Å². The zero-order valence-corrected chi connectivity index (χ0v) is 24.8. The molecule has 11 nitrogen and oxygen atoms in total. The predicted octanol–water partition coefficient (Wildman–Crippen LogP) is 5.47. The molecule has 0 fully saturated rings. The first-order valence-corrected chi connectivity index (χ1v) is 13.9. The van der Waals surface area contributed by atoms with Gasteiger partial charge in [-0.3, -0.25) is 4.79 Å². The van der Waals surface area contributed by atoms with Gasteiger partial charge in [0.1, 0.15) is 18.8 Å². The Morgan fingerprint density at radius 1 is 0.738 bits per heavy atom. The van der Waals surface area contributed by atoms with E-state index in [-0.39, 0.29) is 37.7 Å². The molecule has 2 rings (SSSR count). The zero-order valence-electron chi connectivity index (χ0n) is 24.8. The van der Waals surface area contributed by atoms with Crippen molar-refractivity contribution in [3.63, 3.8) is 0 Å². The monoisotopic (exact) mass is 587 g/mol. The Morgan fingerprint density at radius 3 is 1.88 bits per heavy atom. The van der Waals surface area contributed by atoms with Crippen molar-refractivity contribution >= 4 is 24.2 Å².